The van der Waals surface area contributed by atoms with Gasteiger partial charge in [0.1, 0.15) is 0 Å². The molecule has 0 aromatic heterocycles. The Labute approximate surface area is 98.8 Å². The summed E-state index contributed by atoms with van der Waals surface area (Å²) in [6.07, 6.45) is -4.44. The first-order valence-corrected chi connectivity index (χ1v) is 5.52. The van der Waals surface area contributed by atoms with Crippen LogP contribution in [-0.2, 0) is 9.59 Å². The quantitative estimate of drug-likeness (QED) is 0.817. The van der Waals surface area contributed by atoms with Crippen molar-refractivity contribution in [3.63, 3.8) is 0 Å². The van der Waals surface area contributed by atoms with E-state index in [4.69, 9.17) is 0 Å². The van der Waals surface area contributed by atoms with Gasteiger partial charge in [0.2, 0.25) is 0 Å². The summed E-state index contributed by atoms with van der Waals surface area (Å²) in [5, 5.41) is 1.78. The molecule has 0 saturated heterocycles. The van der Waals surface area contributed by atoms with Crippen molar-refractivity contribution in [2.24, 2.45) is 11.8 Å². The molecule has 0 aliphatic heterocycles. The molecule has 3 nitrogen and oxygen atoms in total. The van der Waals surface area contributed by atoms with Gasteiger partial charge in [-0.05, 0) is 5.92 Å². The van der Waals surface area contributed by atoms with Crippen molar-refractivity contribution in [1.29, 1.82) is 0 Å². The largest absolute Gasteiger partial charge is 0.471 e. The van der Waals surface area contributed by atoms with Gasteiger partial charge >= 0.3 is 12.1 Å². The molecule has 0 aliphatic carbocycles. The molecule has 1 N–H and O–H groups in total. The first-order chi connectivity index (χ1) is 7.61. The Kier molecular flexibility index (Phi) is 5.64. The molecule has 0 aromatic rings. The first kappa shape index (κ1) is 15.9. The minimum absolute atomic E-state index is 0.323. The number of alkyl halides is 3. The molecular weight excluding hydrogens is 235 g/mol. The molecular formula is C11H18F3NO2. The zero-order chi connectivity index (χ0) is 13.8. The zero-order valence-corrected chi connectivity index (χ0v) is 10.4. The van der Waals surface area contributed by atoms with Crippen LogP contribution in [0.5, 0.6) is 0 Å². The Morgan fingerprint density at radius 1 is 1.18 bits per heavy atom. The molecule has 0 fully saturated rings. The standard InChI is InChI=1S/C11H18F3NO2/c1-5-7(4)8(9(16)6(2)3)15-10(17)11(12,13)14/h6-8H,5H2,1-4H3,(H,15,17)/t7-,8-/m0/s1. The molecule has 17 heavy (non-hydrogen) atoms. The molecule has 100 valence electrons. The Bertz CT molecular complexity index is 287. The highest BCUT2D eigenvalue weighted by Crippen LogP contribution is 2.18. The highest BCUT2D eigenvalue weighted by Gasteiger charge is 2.41. The molecule has 2 atom stereocenters. The summed E-state index contributed by atoms with van der Waals surface area (Å²) >= 11 is 0. The van der Waals surface area contributed by atoms with Crippen molar-refractivity contribution in [1.82, 2.24) is 5.32 Å². The lowest BCUT2D eigenvalue weighted by Gasteiger charge is -2.25. The minimum Gasteiger partial charge on any atom is -0.338 e. The molecule has 0 aromatic carbocycles. The van der Waals surface area contributed by atoms with E-state index < -0.39 is 24.0 Å². The van der Waals surface area contributed by atoms with Gasteiger partial charge in [-0.25, -0.2) is 0 Å². The van der Waals surface area contributed by atoms with Crippen LogP contribution in [0.4, 0.5) is 13.2 Å². The van der Waals surface area contributed by atoms with E-state index in [1.807, 2.05) is 0 Å². The van der Waals surface area contributed by atoms with Crippen LogP contribution in [0, 0.1) is 11.8 Å². The third-order valence-corrected chi connectivity index (χ3v) is 2.63. The van der Waals surface area contributed by atoms with Gasteiger partial charge in [0.05, 0.1) is 6.04 Å². The highest BCUT2D eigenvalue weighted by atomic mass is 19.4. The van der Waals surface area contributed by atoms with Crippen molar-refractivity contribution in [2.45, 2.75) is 46.3 Å². The summed E-state index contributed by atoms with van der Waals surface area (Å²) in [6, 6.07) is -1.07. The summed E-state index contributed by atoms with van der Waals surface area (Å²) in [4.78, 5) is 22.6. The number of Topliss-reactive ketones (excluding diaryl/α,β-unsaturated/α-hetero) is 1. The van der Waals surface area contributed by atoms with Gasteiger partial charge in [-0.2, -0.15) is 13.2 Å². The van der Waals surface area contributed by atoms with Crippen LogP contribution in [0.1, 0.15) is 34.1 Å². The van der Waals surface area contributed by atoms with E-state index in [0.717, 1.165) is 0 Å². The number of hydrogen-bond acceptors (Lipinski definition) is 2. The summed E-state index contributed by atoms with van der Waals surface area (Å²) < 4.78 is 36.4. The molecule has 0 saturated carbocycles. The van der Waals surface area contributed by atoms with E-state index in [9.17, 15) is 22.8 Å². The molecule has 0 spiro atoms. The monoisotopic (exact) mass is 253 g/mol. The van der Waals surface area contributed by atoms with Crippen molar-refractivity contribution in [3.8, 4) is 0 Å². The number of carbonyl (C=O) groups is 2. The predicted molar refractivity (Wildman–Crippen MR) is 57.3 cm³/mol. The van der Waals surface area contributed by atoms with Gasteiger partial charge < -0.3 is 5.32 Å². The van der Waals surface area contributed by atoms with Crippen LogP contribution < -0.4 is 5.32 Å². The Balaban J connectivity index is 4.85. The van der Waals surface area contributed by atoms with Gasteiger partial charge in [0.25, 0.3) is 0 Å². The maximum Gasteiger partial charge on any atom is 0.471 e. The van der Waals surface area contributed by atoms with Gasteiger partial charge in [-0.15, -0.1) is 0 Å². The van der Waals surface area contributed by atoms with Crippen LogP contribution in [0.25, 0.3) is 0 Å². The molecule has 0 heterocycles. The van der Waals surface area contributed by atoms with Gasteiger partial charge in [0, 0.05) is 5.92 Å². The van der Waals surface area contributed by atoms with Gasteiger partial charge in [0.15, 0.2) is 5.78 Å². The number of ketones is 1. The number of hydrogen-bond donors (Lipinski definition) is 1. The van der Waals surface area contributed by atoms with Crippen molar-refractivity contribution < 1.29 is 22.8 Å². The normalized spacial score (nSPS) is 15.5. The summed E-state index contributed by atoms with van der Waals surface area (Å²) in [5.41, 5.74) is 0. The van der Waals surface area contributed by atoms with Crippen LogP contribution in [0.15, 0.2) is 0 Å². The van der Waals surface area contributed by atoms with E-state index in [0.29, 0.717) is 6.42 Å². The van der Waals surface area contributed by atoms with E-state index in [2.05, 4.69) is 0 Å². The van der Waals surface area contributed by atoms with Gasteiger partial charge in [-0.3, -0.25) is 9.59 Å². The van der Waals surface area contributed by atoms with E-state index in [1.165, 1.54) is 0 Å². The molecule has 0 unspecified atom stereocenters. The molecule has 1 amide bonds. The smallest absolute Gasteiger partial charge is 0.338 e. The first-order valence-electron chi connectivity index (χ1n) is 5.52. The maximum absolute atomic E-state index is 12.1. The average molecular weight is 253 g/mol. The second kappa shape index (κ2) is 6.02. The number of carbonyl (C=O) groups excluding carboxylic acids is 2. The summed E-state index contributed by atoms with van der Waals surface area (Å²) in [6.45, 7) is 6.58. The second-order valence-corrected chi connectivity index (χ2v) is 4.39. The number of halogens is 3. The Morgan fingerprint density at radius 3 is 1.94 bits per heavy atom. The number of amides is 1. The van der Waals surface area contributed by atoms with Crippen LogP contribution in [0.2, 0.25) is 0 Å². The topological polar surface area (TPSA) is 46.2 Å². The summed E-state index contributed by atoms with van der Waals surface area (Å²) in [7, 11) is 0. The average Bonchev–Trinajstić information content (AvgIpc) is 2.21. The Hall–Kier alpha value is -1.07. The van der Waals surface area contributed by atoms with Gasteiger partial charge in [-0.1, -0.05) is 34.1 Å². The molecule has 0 bridgehead atoms. The fraction of sp³-hybridized carbons (Fsp3) is 0.818. The number of nitrogens with one attached hydrogen (secondary N) is 1. The fourth-order valence-corrected chi connectivity index (χ4v) is 1.31. The maximum atomic E-state index is 12.1. The molecule has 0 radical (unpaired) electrons. The Morgan fingerprint density at radius 2 is 1.65 bits per heavy atom. The van der Waals surface area contributed by atoms with Crippen LogP contribution >= 0.6 is 0 Å². The number of rotatable bonds is 5. The SMILES string of the molecule is CC[C@H](C)[C@H](NC(=O)C(F)(F)F)C(=O)C(C)C. The molecule has 0 rings (SSSR count). The highest BCUT2D eigenvalue weighted by molar-refractivity contribution is 5.92. The minimum atomic E-state index is -4.96. The lowest BCUT2D eigenvalue weighted by Crippen LogP contribution is -2.50. The third-order valence-electron chi connectivity index (χ3n) is 2.63. The molecule has 0 aliphatic rings. The van der Waals surface area contributed by atoms with E-state index in [-0.39, 0.29) is 11.7 Å². The lowest BCUT2D eigenvalue weighted by atomic mass is 9.90. The van der Waals surface area contributed by atoms with E-state index in [1.54, 1.807) is 33.0 Å². The van der Waals surface area contributed by atoms with Crippen LogP contribution in [0.3, 0.4) is 0 Å². The zero-order valence-electron chi connectivity index (χ0n) is 10.4. The summed E-state index contributed by atoms with van der Waals surface area (Å²) in [5.74, 6) is -3.17. The van der Waals surface area contributed by atoms with Crippen LogP contribution in [-0.4, -0.2) is 23.9 Å². The lowest BCUT2D eigenvalue weighted by molar-refractivity contribution is -0.175. The fourth-order valence-electron chi connectivity index (χ4n) is 1.31. The third kappa shape index (κ3) is 4.75. The van der Waals surface area contributed by atoms with Crippen molar-refractivity contribution in [2.75, 3.05) is 0 Å². The van der Waals surface area contributed by atoms with Crippen molar-refractivity contribution >= 4 is 11.7 Å². The van der Waals surface area contributed by atoms with E-state index >= 15 is 0 Å². The molecule has 6 heteroatoms. The predicted octanol–water partition coefficient (Wildman–Crippen LogP) is 2.30. The second-order valence-electron chi connectivity index (χ2n) is 4.39. The van der Waals surface area contributed by atoms with Crippen molar-refractivity contribution in [3.05, 3.63) is 0 Å².